The van der Waals surface area contributed by atoms with E-state index in [1.54, 1.807) is 19.2 Å². The van der Waals surface area contributed by atoms with Crippen molar-refractivity contribution < 1.29 is 14.7 Å². The van der Waals surface area contributed by atoms with Gasteiger partial charge in [0.25, 0.3) is 11.5 Å². The Bertz CT molecular complexity index is 901. The molecule has 132 valence electrons. The average molecular weight is 344 g/mol. The number of aliphatic hydroxyl groups excluding tert-OH is 1. The van der Waals surface area contributed by atoms with Crippen molar-refractivity contribution >= 4 is 22.8 Å². The third-order valence-corrected chi connectivity index (χ3v) is 4.70. The lowest BCUT2D eigenvalue weighted by Crippen LogP contribution is -2.39. The molecule has 1 fully saturated rings. The number of amides is 2. The quantitative estimate of drug-likeness (QED) is 0.747. The van der Waals surface area contributed by atoms with Crippen molar-refractivity contribution in [2.24, 2.45) is 11.1 Å². The summed E-state index contributed by atoms with van der Waals surface area (Å²) in [6.45, 7) is 0.218. The fourth-order valence-corrected chi connectivity index (χ4v) is 2.92. The molecule has 0 saturated heterocycles. The molecule has 8 nitrogen and oxygen atoms in total. The zero-order valence-corrected chi connectivity index (χ0v) is 13.9. The highest BCUT2D eigenvalue weighted by Crippen LogP contribution is 2.45. The third kappa shape index (κ3) is 3.25. The van der Waals surface area contributed by atoms with Crippen LogP contribution in [0.5, 0.6) is 0 Å². The molecule has 2 amide bonds. The zero-order chi connectivity index (χ0) is 18.2. The van der Waals surface area contributed by atoms with Gasteiger partial charge < -0.3 is 15.7 Å². The Morgan fingerprint density at radius 2 is 2.16 bits per heavy atom. The second kappa shape index (κ2) is 6.29. The van der Waals surface area contributed by atoms with Crippen molar-refractivity contribution in [3.63, 3.8) is 0 Å². The number of carbonyl (C=O) groups excluding carboxylic acids is 2. The van der Waals surface area contributed by atoms with Gasteiger partial charge in [-0.2, -0.15) is 0 Å². The summed E-state index contributed by atoms with van der Waals surface area (Å²) in [5.74, 6) is -1.14. The molecule has 0 aliphatic heterocycles. The van der Waals surface area contributed by atoms with E-state index in [0.29, 0.717) is 17.6 Å². The Labute approximate surface area is 143 Å². The molecule has 2 aromatic heterocycles. The third-order valence-electron chi connectivity index (χ3n) is 4.70. The molecular formula is C17H20N4O4. The van der Waals surface area contributed by atoms with E-state index < -0.39 is 11.5 Å². The minimum atomic E-state index is -0.845. The number of nitrogens with zero attached hydrogens (tertiary/aromatic N) is 3. The van der Waals surface area contributed by atoms with E-state index in [9.17, 15) is 19.5 Å². The van der Waals surface area contributed by atoms with E-state index in [0.717, 1.165) is 12.8 Å². The number of likely N-dealkylation sites (N-methyl/N-ethyl adjacent to an activating group) is 1. The number of carbonyl (C=O) groups is 2. The van der Waals surface area contributed by atoms with Crippen molar-refractivity contribution in [2.75, 3.05) is 20.2 Å². The first-order chi connectivity index (χ1) is 11.9. The van der Waals surface area contributed by atoms with Crippen LogP contribution in [0.2, 0.25) is 0 Å². The number of aromatic nitrogens is 2. The van der Waals surface area contributed by atoms with E-state index in [1.807, 2.05) is 0 Å². The van der Waals surface area contributed by atoms with Gasteiger partial charge in [0.15, 0.2) is 0 Å². The molecule has 1 aliphatic carbocycles. The minimum Gasteiger partial charge on any atom is -0.396 e. The number of aliphatic hydroxyl groups is 1. The van der Waals surface area contributed by atoms with Gasteiger partial charge in [-0.15, -0.1) is 0 Å². The monoisotopic (exact) mass is 344 g/mol. The van der Waals surface area contributed by atoms with Crippen LogP contribution in [0.4, 0.5) is 0 Å². The molecule has 0 radical (unpaired) electrons. The summed E-state index contributed by atoms with van der Waals surface area (Å²) in [7, 11) is 1.64. The number of primary amides is 1. The lowest BCUT2D eigenvalue weighted by molar-refractivity contribution is -0.131. The maximum atomic E-state index is 12.6. The Hall–Kier alpha value is -2.74. The second-order valence-electron chi connectivity index (χ2n) is 6.64. The highest BCUT2D eigenvalue weighted by molar-refractivity contribution is 5.96. The minimum absolute atomic E-state index is 0.0339. The van der Waals surface area contributed by atoms with Crippen LogP contribution in [0.25, 0.3) is 11.0 Å². The normalized spacial score (nSPS) is 15.1. The molecule has 0 spiro atoms. The Morgan fingerprint density at radius 1 is 1.44 bits per heavy atom. The van der Waals surface area contributed by atoms with Crippen LogP contribution >= 0.6 is 0 Å². The molecule has 1 saturated carbocycles. The van der Waals surface area contributed by atoms with Gasteiger partial charge in [-0.05, 0) is 31.0 Å². The highest BCUT2D eigenvalue weighted by atomic mass is 16.3. The van der Waals surface area contributed by atoms with Crippen LogP contribution in [0.3, 0.4) is 0 Å². The summed E-state index contributed by atoms with van der Waals surface area (Å²) in [4.78, 5) is 42.3. The predicted molar refractivity (Wildman–Crippen MR) is 90.9 cm³/mol. The highest BCUT2D eigenvalue weighted by Gasteiger charge is 2.43. The van der Waals surface area contributed by atoms with Gasteiger partial charge in [-0.1, -0.05) is 0 Å². The molecule has 3 rings (SSSR count). The largest absolute Gasteiger partial charge is 0.396 e. The first-order valence-electron chi connectivity index (χ1n) is 8.00. The first kappa shape index (κ1) is 17.1. The van der Waals surface area contributed by atoms with Crippen LogP contribution in [-0.4, -0.2) is 51.6 Å². The number of hydrogen-bond donors (Lipinski definition) is 2. The summed E-state index contributed by atoms with van der Waals surface area (Å²) in [6.07, 6.45) is 3.27. The van der Waals surface area contributed by atoms with Crippen molar-refractivity contribution in [3.8, 4) is 0 Å². The Balaban J connectivity index is 1.94. The molecule has 1 aliphatic rings. The Morgan fingerprint density at radius 3 is 2.76 bits per heavy atom. The molecule has 25 heavy (non-hydrogen) atoms. The van der Waals surface area contributed by atoms with Crippen molar-refractivity contribution in [1.82, 2.24) is 14.5 Å². The van der Waals surface area contributed by atoms with E-state index in [4.69, 9.17) is 5.73 Å². The van der Waals surface area contributed by atoms with Crippen molar-refractivity contribution in [3.05, 3.63) is 40.3 Å². The van der Waals surface area contributed by atoms with Crippen molar-refractivity contribution in [2.45, 2.75) is 19.4 Å². The number of pyridine rings is 2. The maximum Gasteiger partial charge on any atom is 0.265 e. The molecule has 3 N–H and O–H groups in total. The molecule has 0 unspecified atom stereocenters. The Kier molecular flexibility index (Phi) is 4.30. The van der Waals surface area contributed by atoms with Gasteiger partial charge in [0.2, 0.25) is 5.91 Å². The molecule has 2 heterocycles. The van der Waals surface area contributed by atoms with Crippen LogP contribution in [0.15, 0.2) is 29.2 Å². The van der Waals surface area contributed by atoms with Crippen molar-refractivity contribution in [1.29, 1.82) is 0 Å². The lowest BCUT2D eigenvalue weighted by Gasteiger charge is -2.23. The molecule has 8 heteroatoms. The fraction of sp³-hybridized carbons (Fsp3) is 0.412. The summed E-state index contributed by atoms with van der Waals surface area (Å²) >= 11 is 0. The van der Waals surface area contributed by atoms with Gasteiger partial charge in [0, 0.05) is 30.6 Å². The van der Waals surface area contributed by atoms with E-state index in [2.05, 4.69) is 4.98 Å². The van der Waals surface area contributed by atoms with E-state index in [-0.39, 0.29) is 30.0 Å². The van der Waals surface area contributed by atoms with Crippen LogP contribution in [-0.2, 0) is 11.3 Å². The van der Waals surface area contributed by atoms with Crippen LogP contribution < -0.4 is 11.3 Å². The van der Waals surface area contributed by atoms with E-state index >= 15 is 0 Å². The molecule has 0 aromatic carbocycles. The zero-order valence-electron chi connectivity index (χ0n) is 13.9. The molecule has 0 bridgehead atoms. The second-order valence-corrected chi connectivity index (χ2v) is 6.64. The van der Waals surface area contributed by atoms with Gasteiger partial charge in [0.05, 0.1) is 6.61 Å². The first-order valence-corrected chi connectivity index (χ1v) is 8.00. The molecule has 2 aromatic rings. The van der Waals surface area contributed by atoms with Gasteiger partial charge in [-0.25, -0.2) is 4.98 Å². The smallest absolute Gasteiger partial charge is 0.265 e. The standard InChI is InChI=1S/C17H20N4O4/c1-20(9-17(10-22)4-5-17)13(23)8-21-15-11(3-2-6-19-15)7-12(14(18)24)16(21)25/h2-3,6-7,22H,4-5,8-10H2,1H3,(H2,18,24). The fourth-order valence-electron chi connectivity index (χ4n) is 2.92. The van der Waals surface area contributed by atoms with Gasteiger partial charge >= 0.3 is 0 Å². The van der Waals surface area contributed by atoms with Gasteiger partial charge in [0.1, 0.15) is 17.8 Å². The summed E-state index contributed by atoms with van der Waals surface area (Å²) in [6, 6.07) is 4.76. The van der Waals surface area contributed by atoms with Crippen LogP contribution in [0, 0.1) is 5.41 Å². The predicted octanol–water partition coefficient (Wildman–Crippen LogP) is -0.274. The number of rotatable bonds is 6. The van der Waals surface area contributed by atoms with Gasteiger partial charge in [-0.3, -0.25) is 19.0 Å². The molecule has 0 atom stereocenters. The van der Waals surface area contributed by atoms with E-state index in [1.165, 1.54) is 21.7 Å². The maximum absolute atomic E-state index is 12.6. The average Bonchev–Trinajstić information content (AvgIpc) is 3.36. The SMILES string of the molecule is CN(CC1(CO)CC1)C(=O)Cn1c(=O)c(C(N)=O)cc2cccnc21. The number of hydrogen-bond acceptors (Lipinski definition) is 5. The molecular weight excluding hydrogens is 324 g/mol. The summed E-state index contributed by atoms with van der Waals surface area (Å²) in [5.41, 5.74) is 4.57. The van der Waals surface area contributed by atoms with Crippen LogP contribution in [0.1, 0.15) is 23.2 Å². The topological polar surface area (TPSA) is 119 Å². The number of nitrogens with two attached hydrogens (primary N) is 1. The lowest BCUT2D eigenvalue weighted by atomic mass is 10.1. The summed E-state index contributed by atoms with van der Waals surface area (Å²) < 4.78 is 1.17. The summed E-state index contributed by atoms with van der Waals surface area (Å²) in [5, 5.41) is 9.96. The number of fused-ring (bicyclic) bond motifs is 1.